The van der Waals surface area contributed by atoms with Gasteiger partial charge in [-0.25, -0.2) is 19.2 Å². The molecule has 9 rings (SSSR count). The Balaban J connectivity index is 0.925. The van der Waals surface area contributed by atoms with E-state index in [0.717, 1.165) is 72.4 Å². The number of rotatable bonds is 9. The fourth-order valence-corrected chi connectivity index (χ4v) is 9.41. The zero-order valence-electron chi connectivity index (χ0n) is 31.5. The number of aromatic amines is 2. The SMILES string of the molecule is COC(=O)N[C@H](C(=O)N1C2CC2C[C@H]1c1ncc(-c2ccc(-c3ccc4c(c3)CCc3[nH]c([C@@H]5C[C@H]6C[C@H]6N5C(=O)CC(C)C)nc3-4)cc2F)[nH]1)C(C)C. The fraction of sp³-hybridized carbons (Fsp3) is 0.500. The van der Waals surface area contributed by atoms with Crippen LogP contribution in [0.2, 0.25) is 0 Å². The lowest BCUT2D eigenvalue weighted by Gasteiger charge is -2.31. The average molecular weight is 734 g/mol. The van der Waals surface area contributed by atoms with Gasteiger partial charge in [-0.1, -0.05) is 52.0 Å². The summed E-state index contributed by atoms with van der Waals surface area (Å²) in [6, 6.07) is 11.0. The molecule has 4 fully saturated rings. The van der Waals surface area contributed by atoms with Gasteiger partial charge in [-0.15, -0.1) is 0 Å². The number of carbonyl (C=O) groups excluding carboxylic acids is 3. The van der Waals surface area contributed by atoms with Crippen molar-refractivity contribution in [2.75, 3.05) is 7.11 Å². The molecular formula is C42H48FN7O4. The highest BCUT2D eigenvalue weighted by molar-refractivity contribution is 5.87. The lowest BCUT2D eigenvalue weighted by Crippen LogP contribution is -2.52. The second-order valence-corrected chi connectivity index (χ2v) is 16.8. The maximum Gasteiger partial charge on any atom is 0.407 e. The standard InChI is InChI=1S/C42H48FN7O4/c1-20(2)12-36(51)49-32-15-25(32)18-35(49)40-45-30-11-8-24-13-22(6-9-27(24)38(30)47-40)23-7-10-28(29(43)14-23)31-19-44-39(46-31)34-17-26-16-33(26)50(34)41(52)37(21(3)4)48-42(53)54-5/h6-7,9-10,13-14,19-21,25-26,32-35,37H,8,11-12,15-18H2,1-5H3,(H,44,46)(H,45,47)(H,48,53)/t25-,26?,32-,33?,34+,35+,37+/m1/s1. The van der Waals surface area contributed by atoms with Crippen molar-refractivity contribution in [2.24, 2.45) is 23.7 Å². The number of alkyl carbamates (subject to hydrolysis) is 1. The minimum Gasteiger partial charge on any atom is -0.453 e. The van der Waals surface area contributed by atoms with Crippen molar-refractivity contribution in [3.05, 3.63) is 71.3 Å². The molecule has 2 saturated carbocycles. The molecule has 3 aliphatic carbocycles. The number of ether oxygens (including phenoxy) is 1. The maximum atomic E-state index is 15.9. The molecule has 12 heteroatoms. The van der Waals surface area contributed by atoms with Crippen LogP contribution in [0.3, 0.4) is 0 Å². The van der Waals surface area contributed by atoms with E-state index in [9.17, 15) is 14.4 Å². The smallest absolute Gasteiger partial charge is 0.407 e. The molecule has 2 aliphatic heterocycles. The monoisotopic (exact) mass is 733 g/mol. The average Bonchev–Trinajstić information content (AvgIpc) is 3.77. The Hall–Kier alpha value is -5.00. The number of halogens is 1. The molecule has 5 aliphatic rings. The van der Waals surface area contributed by atoms with E-state index in [4.69, 9.17) is 9.72 Å². The van der Waals surface area contributed by atoms with Crippen molar-refractivity contribution in [2.45, 2.75) is 103 Å². The van der Waals surface area contributed by atoms with Crippen molar-refractivity contribution in [3.8, 4) is 33.6 Å². The molecule has 0 radical (unpaired) electrons. The normalized spacial score (nSPS) is 25.3. The molecule has 11 nitrogen and oxygen atoms in total. The van der Waals surface area contributed by atoms with Gasteiger partial charge in [0.05, 0.1) is 36.8 Å². The minimum absolute atomic E-state index is 0.0125. The summed E-state index contributed by atoms with van der Waals surface area (Å²) < 4.78 is 20.7. The topological polar surface area (TPSA) is 136 Å². The number of carbonyl (C=O) groups is 3. The van der Waals surface area contributed by atoms with E-state index >= 15 is 4.39 Å². The lowest BCUT2D eigenvalue weighted by molar-refractivity contribution is -0.137. The van der Waals surface area contributed by atoms with E-state index in [-0.39, 0.29) is 41.7 Å². The molecule has 7 atom stereocenters. The molecular weight excluding hydrogens is 686 g/mol. The first-order valence-electron chi connectivity index (χ1n) is 19.5. The summed E-state index contributed by atoms with van der Waals surface area (Å²) >= 11 is 0. The quantitative estimate of drug-likeness (QED) is 0.168. The summed E-state index contributed by atoms with van der Waals surface area (Å²) in [5.41, 5.74) is 7.02. The second kappa shape index (κ2) is 13.1. The number of benzene rings is 2. The van der Waals surface area contributed by atoms with Gasteiger partial charge in [0.1, 0.15) is 23.5 Å². The summed E-state index contributed by atoms with van der Waals surface area (Å²) in [4.78, 5) is 59.7. The molecule has 0 spiro atoms. The van der Waals surface area contributed by atoms with E-state index in [0.29, 0.717) is 47.3 Å². The van der Waals surface area contributed by atoms with Gasteiger partial charge in [0, 0.05) is 35.3 Å². The van der Waals surface area contributed by atoms with Crippen LogP contribution in [0.1, 0.15) is 94.8 Å². The lowest BCUT2D eigenvalue weighted by atomic mass is 9.89. The molecule has 2 unspecified atom stereocenters. The van der Waals surface area contributed by atoms with Crippen molar-refractivity contribution in [1.82, 2.24) is 35.1 Å². The molecule has 54 heavy (non-hydrogen) atoms. The van der Waals surface area contributed by atoms with Gasteiger partial charge >= 0.3 is 6.09 Å². The summed E-state index contributed by atoms with van der Waals surface area (Å²) in [5, 5.41) is 2.71. The predicted molar refractivity (Wildman–Crippen MR) is 200 cm³/mol. The Bertz CT molecular complexity index is 2160. The molecule has 3 amide bonds. The zero-order valence-corrected chi connectivity index (χ0v) is 31.5. The van der Waals surface area contributed by atoms with Crippen molar-refractivity contribution in [3.63, 3.8) is 0 Å². The van der Waals surface area contributed by atoms with Gasteiger partial charge in [-0.3, -0.25) is 9.59 Å². The van der Waals surface area contributed by atoms with Gasteiger partial charge in [0.25, 0.3) is 0 Å². The summed E-state index contributed by atoms with van der Waals surface area (Å²) in [6.07, 6.45) is 7.03. The number of aryl methyl sites for hydroxylation is 2. The third kappa shape index (κ3) is 5.98. The Morgan fingerprint density at radius 2 is 1.57 bits per heavy atom. The van der Waals surface area contributed by atoms with Crippen LogP contribution in [-0.4, -0.2) is 72.9 Å². The number of likely N-dealkylation sites (tertiary alicyclic amines) is 2. The maximum absolute atomic E-state index is 15.9. The largest absolute Gasteiger partial charge is 0.453 e. The van der Waals surface area contributed by atoms with Gasteiger partial charge in [-0.2, -0.15) is 0 Å². The third-order valence-corrected chi connectivity index (χ3v) is 12.3. The molecule has 4 heterocycles. The van der Waals surface area contributed by atoms with Crippen LogP contribution < -0.4 is 5.32 Å². The second-order valence-electron chi connectivity index (χ2n) is 16.8. The molecule has 282 valence electrons. The molecule has 2 aromatic heterocycles. The highest BCUT2D eigenvalue weighted by atomic mass is 19.1. The first kappa shape index (κ1) is 34.7. The van der Waals surface area contributed by atoms with Crippen LogP contribution in [-0.2, 0) is 27.2 Å². The van der Waals surface area contributed by atoms with Gasteiger partial charge < -0.3 is 29.8 Å². The van der Waals surface area contributed by atoms with Crippen LogP contribution >= 0.6 is 0 Å². The van der Waals surface area contributed by atoms with E-state index in [1.54, 1.807) is 18.3 Å². The van der Waals surface area contributed by atoms with Gasteiger partial charge in [0.2, 0.25) is 11.8 Å². The first-order chi connectivity index (χ1) is 26.0. The Morgan fingerprint density at radius 1 is 0.889 bits per heavy atom. The third-order valence-electron chi connectivity index (χ3n) is 12.3. The predicted octanol–water partition coefficient (Wildman–Crippen LogP) is 7.12. The number of methoxy groups -OCH3 is 1. The number of imidazole rings is 2. The highest BCUT2D eigenvalue weighted by Crippen LogP contribution is 2.55. The Kier molecular flexibility index (Phi) is 8.42. The molecule has 4 aromatic rings. The number of aromatic nitrogens is 4. The number of nitrogens with zero attached hydrogens (tertiary/aromatic N) is 4. The van der Waals surface area contributed by atoms with E-state index < -0.39 is 12.1 Å². The van der Waals surface area contributed by atoms with Crippen LogP contribution in [0.4, 0.5) is 9.18 Å². The summed E-state index contributed by atoms with van der Waals surface area (Å²) in [7, 11) is 1.28. The van der Waals surface area contributed by atoms with Crippen LogP contribution in [0.15, 0.2) is 42.6 Å². The zero-order chi connectivity index (χ0) is 37.6. The number of hydrogen-bond acceptors (Lipinski definition) is 6. The van der Waals surface area contributed by atoms with Crippen LogP contribution in [0.25, 0.3) is 33.6 Å². The fourth-order valence-electron chi connectivity index (χ4n) is 9.41. The molecule has 2 aromatic carbocycles. The number of H-pyrrole nitrogens is 2. The van der Waals surface area contributed by atoms with Crippen LogP contribution in [0.5, 0.6) is 0 Å². The number of nitrogens with one attached hydrogen (secondary N) is 3. The van der Waals surface area contributed by atoms with Crippen molar-refractivity contribution < 1.29 is 23.5 Å². The van der Waals surface area contributed by atoms with E-state index in [2.05, 4.69) is 51.1 Å². The highest BCUT2D eigenvalue weighted by Gasteiger charge is 2.57. The van der Waals surface area contributed by atoms with Crippen LogP contribution in [0, 0.1) is 29.5 Å². The number of hydrogen-bond donors (Lipinski definition) is 3. The molecule has 3 N–H and O–H groups in total. The first-order valence-corrected chi connectivity index (χ1v) is 19.5. The number of piperidine rings is 2. The van der Waals surface area contributed by atoms with E-state index in [1.807, 2.05) is 30.9 Å². The van der Waals surface area contributed by atoms with E-state index in [1.165, 1.54) is 12.7 Å². The van der Waals surface area contributed by atoms with Crippen molar-refractivity contribution in [1.29, 1.82) is 0 Å². The molecule has 0 bridgehead atoms. The van der Waals surface area contributed by atoms with Crippen molar-refractivity contribution >= 4 is 17.9 Å². The minimum atomic E-state index is -0.721. The summed E-state index contributed by atoms with van der Waals surface area (Å²) in [6.45, 7) is 7.98. The number of amides is 3. The van der Waals surface area contributed by atoms with Gasteiger partial charge in [-0.05, 0) is 91.0 Å². The Labute approximate surface area is 314 Å². The molecule has 2 saturated heterocycles. The Morgan fingerprint density at radius 3 is 2.26 bits per heavy atom. The van der Waals surface area contributed by atoms with Gasteiger partial charge in [0.15, 0.2) is 0 Å². The number of fused-ring (bicyclic) bond motifs is 5. The summed E-state index contributed by atoms with van der Waals surface area (Å²) in [5.74, 6) is 2.40.